The summed E-state index contributed by atoms with van der Waals surface area (Å²) in [5, 5.41) is 1.76. The van der Waals surface area contributed by atoms with Crippen molar-refractivity contribution in [3.8, 4) is 0 Å². The van der Waals surface area contributed by atoms with Crippen LogP contribution in [0.5, 0.6) is 0 Å². The first-order valence-electron chi connectivity index (χ1n) is 12.0. The van der Waals surface area contributed by atoms with E-state index in [1.807, 2.05) is 0 Å². The van der Waals surface area contributed by atoms with Gasteiger partial charge in [-0.15, -0.1) is 23.5 Å². The Kier molecular flexibility index (Phi) is 11.9. The van der Waals surface area contributed by atoms with E-state index in [0.29, 0.717) is 0 Å². The van der Waals surface area contributed by atoms with Gasteiger partial charge in [-0.05, 0) is 96.2 Å². The fraction of sp³-hybridized carbons (Fsp3) is 0.778. The quantitative estimate of drug-likeness (QED) is 0.298. The number of hydrogen-bond donors (Lipinski definition) is 0. The standard InChI is InChI=1S/C25H38S2.2CH3.2ClH.Zr/c1-13-6-7-14(2)23-18(15(3)10-20(13)23)8-9-19-24-21(11-16(4)26-24)22-12-17(5)27-25(19)22;;;;;/h11-15,18-25H,6-10H2,1-5H3;2*1H3;2*1H;/q;2*-1;;;+4/p-2. The van der Waals surface area contributed by atoms with Crippen LogP contribution in [0.3, 0.4) is 0 Å². The molecule has 0 N–H and O–H groups in total. The molecule has 0 aromatic heterocycles. The van der Waals surface area contributed by atoms with Gasteiger partial charge in [-0.2, -0.15) is 0 Å². The molecule has 2 aliphatic heterocycles. The zero-order valence-corrected chi connectivity index (χ0v) is 26.7. The Hall–Kier alpha value is 1.64. The van der Waals surface area contributed by atoms with Crippen molar-refractivity contribution in [3.05, 3.63) is 36.8 Å². The molecule has 0 saturated heterocycles. The van der Waals surface area contributed by atoms with Crippen LogP contribution >= 0.6 is 40.5 Å². The molecule has 32 heavy (non-hydrogen) atoms. The number of halogens is 2. The Morgan fingerprint density at radius 2 is 1.28 bits per heavy atom. The van der Waals surface area contributed by atoms with Gasteiger partial charge in [0.2, 0.25) is 0 Å². The summed E-state index contributed by atoms with van der Waals surface area (Å²) in [6, 6.07) is 0. The first-order valence-corrected chi connectivity index (χ1v) is 20.1. The summed E-state index contributed by atoms with van der Waals surface area (Å²) in [5.74, 6) is 8.58. The third kappa shape index (κ3) is 5.79. The van der Waals surface area contributed by atoms with E-state index in [-0.39, 0.29) is 14.9 Å². The maximum atomic E-state index is 4.93. The molecular formula is C27H44Cl2S2Zr. The molecule has 2 heterocycles. The summed E-state index contributed by atoms with van der Waals surface area (Å²) in [4.78, 5) is 3.20. The second kappa shape index (κ2) is 12.7. The topological polar surface area (TPSA) is 0 Å². The minimum atomic E-state index is -0.826. The molecule has 3 fully saturated rings. The van der Waals surface area contributed by atoms with Gasteiger partial charge < -0.3 is 14.9 Å². The molecule has 182 valence electrons. The molecule has 0 radical (unpaired) electrons. The van der Waals surface area contributed by atoms with Crippen LogP contribution in [0, 0.1) is 68.1 Å². The zero-order chi connectivity index (χ0) is 21.6. The van der Waals surface area contributed by atoms with E-state index < -0.39 is 20.8 Å². The first kappa shape index (κ1) is 29.9. The molecule has 0 spiro atoms. The van der Waals surface area contributed by atoms with Crippen molar-refractivity contribution in [2.45, 2.75) is 77.2 Å². The number of fused-ring (bicyclic) bond motifs is 4. The molecule has 5 heteroatoms. The van der Waals surface area contributed by atoms with E-state index in [0.717, 1.165) is 63.8 Å². The average Bonchev–Trinajstić information content (AvgIpc) is 3.39. The molecule has 10 atom stereocenters. The van der Waals surface area contributed by atoms with Crippen molar-refractivity contribution in [2.75, 3.05) is 0 Å². The van der Waals surface area contributed by atoms with E-state index in [9.17, 15) is 0 Å². The third-order valence-electron chi connectivity index (χ3n) is 9.21. The number of rotatable bonds is 3. The van der Waals surface area contributed by atoms with Crippen LogP contribution in [0.25, 0.3) is 0 Å². The molecule has 0 aromatic carbocycles. The van der Waals surface area contributed by atoms with Crippen LogP contribution < -0.4 is 0 Å². The summed E-state index contributed by atoms with van der Waals surface area (Å²) >= 11 is 3.63. The molecule has 0 amide bonds. The van der Waals surface area contributed by atoms with Crippen LogP contribution in [-0.2, 0) is 20.8 Å². The van der Waals surface area contributed by atoms with E-state index >= 15 is 0 Å². The Labute approximate surface area is 226 Å². The van der Waals surface area contributed by atoms with Gasteiger partial charge in [-0.3, -0.25) is 0 Å². The summed E-state index contributed by atoms with van der Waals surface area (Å²) in [6.45, 7) is 12.4. The number of allylic oxidation sites excluding steroid dienone is 4. The first-order chi connectivity index (χ1) is 14.3. The predicted octanol–water partition coefficient (Wildman–Crippen LogP) is 9.90. The summed E-state index contributed by atoms with van der Waals surface area (Å²) in [7, 11) is 9.87. The fourth-order valence-corrected chi connectivity index (χ4v) is 11.3. The number of thioether (sulfide) groups is 2. The van der Waals surface area contributed by atoms with Crippen LogP contribution in [0.1, 0.15) is 66.7 Å². The molecule has 5 rings (SSSR count). The molecule has 0 bridgehead atoms. The summed E-state index contributed by atoms with van der Waals surface area (Å²) < 4.78 is 0. The Morgan fingerprint density at radius 3 is 1.81 bits per heavy atom. The van der Waals surface area contributed by atoms with Crippen molar-refractivity contribution in [2.24, 2.45) is 53.3 Å². The van der Waals surface area contributed by atoms with Crippen molar-refractivity contribution < 1.29 is 20.8 Å². The molecule has 10 unspecified atom stereocenters. The van der Waals surface area contributed by atoms with Gasteiger partial charge in [-0.1, -0.05) is 45.8 Å². The van der Waals surface area contributed by atoms with E-state index in [1.54, 1.807) is 9.81 Å². The van der Waals surface area contributed by atoms with E-state index in [4.69, 9.17) is 17.0 Å². The van der Waals surface area contributed by atoms with Crippen molar-refractivity contribution in [3.63, 3.8) is 0 Å². The van der Waals surface area contributed by atoms with Crippen molar-refractivity contribution in [1.82, 2.24) is 0 Å². The van der Waals surface area contributed by atoms with Gasteiger partial charge in [0.1, 0.15) is 0 Å². The Balaban J connectivity index is 0.000000690. The van der Waals surface area contributed by atoms with Gasteiger partial charge in [0.15, 0.2) is 0 Å². The van der Waals surface area contributed by atoms with Crippen LogP contribution in [-0.4, -0.2) is 10.5 Å². The van der Waals surface area contributed by atoms with Gasteiger partial charge in [0.05, 0.1) is 0 Å². The monoisotopic (exact) mass is 592 g/mol. The van der Waals surface area contributed by atoms with Gasteiger partial charge >= 0.3 is 37.9 Å². The van der Waals surface area contributed by atoms with Gasteiger partial charge in [0.25, 0.3) is 0 Å². The average molecular weight is 595 g/mol. The van der Waals surface area contributed by atoms with Crippen LogP contribution in [0.4, 0.5) is 0 Å². The predicted molar refractivity (Wildman–Crippen MR) is 146 cm³/mol. The molecule has 3 aliphatic carbocycles. The van der Waals surface area contributed by atoms with E-state index in [2.05, 4.69) is 70.3 Å². The van der Waals surface area contributed by atoms with Crippen LogP contribution in [0.2, 0.25) is 0 Å². The fourth-order valence-electron chi connectivity index (χ4n) is 8.03. The SMILES string of the molecule is CC1=CC2C3C=C(C)SC3C(CCC3C(C)CC4C(C)CCC(C)C34)C2S1.[CH3-].[CH3-].[Cl][Zr+2][Cl]. The van der Waals surface area contributed by atoms with Gasteiger partial charge in [-0.25, -0.2) is 0 Å². The molecule has 5 aliphatic rings. The second-order valence-electron chi connectivity index (χ2n) is 10.8. The summed E-state index contributed by atoms with van der Waals surface area (Å²) in [6.07, 6.45) is 12.8. The second-order valence-corrected chi connectivity index (χ2v) is 17.4. The Morgan fingerprint density at radius 1 is 0.812 bits per heavy atom. The number of hydrogen-bond acceptors (Lipinski definition) is 2. The molecule has 3 saturated carbocycles. The maximum absolute atomic E-state index is 4.93. The van der Waals surface area contributed by atoms with E-state index in [1.165, 1.54) is 32.1 Å². The molecule has 0 nitrogen and oxygen atoms in total. The third-order valence-corrected chi connectivity index (χ3v) is 12.1. The Bertz CT molecular complexity index is 649. The van der Waals surface area contributed by atoms with Crippen LogP contribution in [0.15, 0.2) is 22.0 Å². The summed E-state index contributed by atoms with van der Waals surface area (Å²) in [5.41, 5.74) is 0. The molecular weight excluding hydrogens is 551 g/mol. The normalized spacial score (nSPS) is 45.7. The zero-order valence-electron chi connectivity index (χ0n) is 21.1. The van der Waals surface area contributed by atoms with Crippen molar-refractivity contribution >= 4 is 40.5 Å². The van der Waals surface area contributed by atoms with Gasteiger partial charge in [0, 0.05) is 10.5 Å². The molecule has 0 aromatic rings. The minimum absolute atomic E-state index is 0. The van der Waals surface area contributed by atoms with Crippen molar-refractivity contribution in [1.29, 1.82) is 0 Å².